The summed E-state index contributed by atoms with van der Waals surface area (Å²) in [7, 11) is 1.55. The summed E-state index contributed by atoms with van der Waals surface area (Å²) in [6, 6.07) is 4.34. The predicted octanol–water partition coefficient (Wildman–Crippen LogP) is 1.95. The third kappa shape index (κ3) is 4.59. The number of rotatable bonds is 7. The Morgan fingerprint density at radius 2 is 2.03 bits per heavy atom. The van der Waals surface area contributed by atoms with Gasteiger partial charge in [-0.05, 0) is 55.7 Å². The maximum absolute atomic E-state index is 12.8. The van der Waals surface area contributed by atoms with Gasteiger partial charge in [0.15, 0.2) is 0 Å². The number of carboxylic acid groups (broad SMARTS) is 1. The fourth-order valence-electron chi connectivity index (χ4n) is 4.76. The van der Waals surface area contributed by atoms with Crippen LogP contribution in [0.15, 0.2) is 28.9 Å². The molecule has 3 unspecified atom stereocenters. The van der Waals surface area contributed by atoms with Gasteiger partial charge in [0.25, 0.3) is 0 Å². The van der Waals surface area contributed by atoms with Crippen LogP contribution in [0.5, 0.6) is 5.75 Å². The lowest BCUT2D eigenvalue weighted by Crippen LogP contribution is -2.47. The van der Waals surface area contributed by atoms with Crippen molar-refractivity contribution < 1.29 is 24.5 Å². The molecule has 0 aliphatic heterocycles. The Morgan fingerprint density at radius 3 is 2.68 bits per heavy atom. The van der Waals surface area contributed by atoms with Crippen molar-refractivity contribution >= 4 is 27.8 Å². The number of hydrogen-bond donors (Lipinski definition) is 3. The van der Waals surface area contributed by atoms with E-state index >= 15 is 0 Å². The van der Waals surface area contributed by atoms with E-state index < -0.39 is 12.0 Å². The fraction of sp³-hybridized carbons (Fsp3) is 0.524. The molecule has 2 aliphatic rings. The number of methoxy groups -OCH3 is 1. The van der Waals surface area contributed by atoms with Gasteiger partial charge in [-0.15, -0.1) is 5.10 Å². The van der Waals surface area contributed by atoms with Crippen LogP contribution in [0.2, 0.25) is 0 Å². The van der Waals surface area contributed by atoms with Crippen LogP contribution in [0.3, 0.4) is 0 Å². The number of halogens is 1. The zero-order valence-corrected chi connectivity index (χ0v) is 18.7. The van der Waals surface area contributed by atoms with Crippen LogP contribution in [0.1, 0.15) is 31.4 Å². The summed E-state index contributed by atoms with van der Waals surface area (Å²) in [6.45, 7) is 0. The lowest BCUT2D eigenvalue weighted by atomic mass is 9.78. The maximum atomic E-state index is 12.8. The number of aliphatic hydroxyl groups excluding tert-OH is 1. The molecule has 2 aliphatic carbocycles. The van der Waals surface area contributed by atoms with E-state index in [2.05, 4.69) is 31.6 Å². The first-order chi connectivity index (χ1) is 14.9. The maximum Gasteiger partial charge on any atom is 0.326 e. The van der Waals surface area contributed by atoms with Crippen LogP contribution in [0, 0.1) is 17.8 Å². The molecule has 10 heteroatoms. The van der Waals surface area contributed by atoms with Crippen molar-refractivity contribution in [1.29, 1.82) is 0 Å². The van der Waals surface area contributed by atoms with E-state index in [1.807, 2.05) is 12.1 Å². The van der Waals surface area contributed by atoms with Gasteiger partial charge in [-0.1, -0.05) is 21.1 Å². The molecule has 0 spiro atoms. The molecule has 1 aromatic heterocycles. The van der Waals surface area contributed by atoms with Gasteiger partial charge in [-0.3, -0.25) is 4.79 Å². The van der Waals surface area contributed by atoms with Crippen LogP contribution < -0.4 is 10.1 Å². The first kappa shape index (κ1) is 21.8. The molecule has 0 saturated heterocycles. The van der Waals surface area contributed by atoms with Gasteiger partial charge >= 0.3 is 5.97 Å². The van der Waals surface area contributed by atoms with E-state index in [1.165, 1.54) is 4.68 Å². The molecule has 0 radical (unpaired) electrons. The highest BCUT2D eigenvalue weighted by molar-refractivity contribution is 9.10. The Hall–Kier alpha value is -2.46. The number of fused-ring (bicyclic) bond motifs is 2. The van der Waals surface area contributed by atoms with Crippen LogP contribution >= 0.6 is 15.9 Å². The number of amides is 1. The molecule has 31 heavy (non-hydrogen) atoms. The predicted molar refractivity (Wildman–Crippen MR) is 114 cm³/mol. The highest BCUT2D eigenvalue weighted by Gasteiger charge is 2.44. The molecule has 5 atom stereocenters. The second kappa shape index (κ2) is 8.96. The summed E-state index contributed by atoms with van der Waals surface area (Å²) in [5.41, 5.74) is 1.11. The van der Waals surface area contributed by atoms with Crippen molar-refractivity contribution in [3.8, 4) is 11.4 Å². The minimum atomic E-state index is -1.12. The molecule has 2 bridgehead atoms. The monoisotopic (exact) mass is 492 g/mol. The quantitative estimate of drug-likeness (QED) is 0.538. The summed E-state index contributed by atoms with van der Waals surface area (Å²) in [4.78, 5) is 24.5. The third-order valence-electron chi connectivity index (χ3n) is 6.38. The highest BCUT2D eigenvalue weighted by Crippen LogP contribution is 2.44. The summed E-state index contributed by atoms with van der Waals surface area (Å²) < 4.78 is 7.74. The highest BCUT2D eigenvalue weighted by atomic mass is 79.9. The number of aliphatic hydroxyl groups is 1. The number of nitrogens with one attached hydrogen (secondary N) is 1. The van der Waals surface area contributed by atoms with Crippen molar-refractivity contribution in [2.24, 2.45) is 17.8 Å². The van der Waals surface area contributed by atoms with Gasteiger partial charge < -0.3 is 20.3 Å². The van der Waals surface area contributed by atoms with Gasteiger partial charge in [0.2, 0.25) is 5.91 Å². The average Bonchev–Trinajstić information content (AvgIpc) is 3.26. The molecule has 1 aromatic carbocycles. The average molecular weight is 493 g/mol. The normalized spacial score (nSPS) is 25.8. The fourth-order valence-corrected chi connectivity index (χ4v) is 5.10. The van der Waals surface area contributed by atoms with E-state index in [0.29, 0.717) is 30.0 Å². The Morgan fingerprint density at radius 1 is 1.32 bits per heavy atom. The second-order valence-electron chi connectivity index (χ2n) is 8.33. The lowest BCUT2D eigenvalue weighted by molar-refractivity contribution is -0.143. The minimum absolute atomic E-state index is 0.0160. The molecule has 2 fully saturated rings. The molecule has 4 rings (SSSR count). The first-order valence-corrected chi connectivity index (χ1v) is 11.1. The van der Waals surface area contributed by atoms with Crippen LogP contribution in [0.4, 0.5) is 0 Å². The molecule has 2 saturated carbocycles. The molecule has 3 N–H and O–H groups in total. The second-order valence-corrected chi connectivity index (χ2v) is 9.25. The minimum Gasteiger partial charge on any atom is -0.494 e. The summed E-state index contributed by atoms with van der Waals surface area (Å²) >= 11 is 3.39. The smallest absolute Gasteiger partial charge is 0.326 e. The number of carbonyl (C=O) groups excluding carboxylic acids is 1. The molecule has 166 valence electrons. The van der Waals surface area contributed by atoms with E-state index in [0.717, 1.165) is 17.3 Å². The Labute approximate surface area is 187 Å². The first-order valence-electron chi connectivity index (χ1n) is 10.3. The van der Waals surface area contributed by atoms with E-state index in [4.69, 9.17) is 4.74 Å². The summed E-state index contributed by atoms with van der Waals surface area (Å²) in [5.74, 6) is -0.785. The summed E-state index contributed by atoms with van der Waals surface area (Å²) in [6.07, 6.45) is 4.39. The SMILES string of the molecule is COc1cc(Br)ccc1-n1cc(CC(NC(=O)C2C[C@H]3CC[C@@H](C2)C3O)C(=O)O)nn1. The van der Waals surface area contributed by atoms with Gasteiger partial charge in [0, 0.05) is 16.8 Å². The molecule has 2 aromatic rings. The van der Waals surface area contributed by atoms with E-state index in [9.17, 15) is 19.8 Å². The largest absolute Gasteiger partial charge is 0.494 e. The van der Waals surface area contributed by atoms with Crippen molar-refractivity contribution in [2.45, 2.75) is 44.2 Å². The number of hydrogen-bond acceptors (Lipinski definition) is 6. The number of carbonyl (C=O) groups is 2. The van der Waals surface area contributed by atoms with Crippen molar-refractivity contribution in [2.75, 3.05) is 7.11 Å². The van der Waals surface area contributed by atoms with Gasteiger partial charge in [0.05, 0.1) is 25.1 Å². The van der Waals surface area contributed by atoms with Crippen LogP contribution in [-0.4, -0.2) is 56.3 Å². The molecule has 1 amide bonds. The van der Waals surface area contributed by atoms with Crippen LogP contribution in [0.25, 0.3) is 5.69 Å². The van der Waals surface area contributed by atoms with Gasteiger partial charge in [0.1, 0.15) is 17.5 Å². The number of ether oxygens (including phenoxy) is 1. The van der Waals surface area contributed by atoms with Crippen molar-refractivity contribution in [3.63, 3.8) is 0 Å². The van der Waals surface area contributed by atoms with E-state index in [1.54, 1.807) is 19.4 Å². The molecular formula is C21H25BrN4O5. The van der Waals surface area contributed by atoms with Crippen molar-refractivity contribution in [1.82, 2.24) is 20.3 Å². The number of aliphatic carboxylic acids is 1. The Bertz CT molecular complexity index is 966. The topological polar surface area (TPSA) is 127 Å². The number of benzene rings is 1. The Balaban J connectivity index is 1.44. The van der Waals surface area contributed by atoms with Gasteiger partial charge in [-0.25, -0.2) is 9.48 Å². The number of nitrogens with zero attached hydrogens (tertiary/aromatic N) is 3. The Kier molecular flexibility index (Phi) is 6.29. The van der Waals surface area contributed by atoms with E-state index in [-0.39, 0.29) is 36.2 Å². The molecule has 1 heterocycles. The van der Waals surface area contributed by atoms with Crippen molar-refractivity contribution in [3.05, 3.63) is 34.6 Å². The number of carboxylic acids is 1. The zero-order chi connectivity index (χ0) is 22.1. The lowest BCUT2D eigenvalue weighted by Gasteiger charge is -2.31. The molecule has 9 nitrogen and oxygen atoms in total. The summed E-state index contributed by atoms with van der Waals surface area (Å²) in [5, 5.41) is 30.6. The zero-order valence-electron chi connectivity index (χ0n) is 17.1. The van der Waals surface area contributed by atoms with Gasteiger partial charge in [-0.2, -0.15) is 0 Å². The number of aromatic nitrogens is 3. The van der Waals surface area contributed by atoms with Crippen LogP contribution in [-0.2, 0) is 16.0 Å². The third-order valence-corrected chi connectivity index (χ3v) is 6.87. The molecular weight excluding hydrogens is 468 g/mol. The standard InChI is InChI=1S/C21H25BrN4O5/c1-31-18-8-14(22)4-5-17(18)26-10-15(24-25-26)9-16(21(29)30)23-20(28)13-6-11-2-3-12(7-13)19(11)27/h4-5,8,10-13,16,19,27H,2-3,6-7,9H2,1H3,(H,23,28)(H,29,30)/t11-,12+,13?,16?,19?.